The van der Waals surface area contributed by atoms with Crippen molar-refractivity contribution in [3.05, 3.63) is 23.8 Å². The number of benzene rings is 1. The van der Waals surface area contributed by atoms with E-state index in [1.807, 2.05) is 19.1 Å². The van der Waals surface area contributed by atoms with Crippen LogP contribution in [0.5, 0.6) is 11.5 Å². The van der Waals surface area contributed by atoms with Gasteiger partial charge in [-0.3, -0.25) is 0 Å². The predicted molar refractivity (Wildman–Crippen MR) is 119 cm³/mol. The topological polar surface area (TPSA) is 78.4 Å². The van der Waals surface area contributed by atoms with Crippen molar-refractivity contribution in [3.8, 4) is 11.5 Å². The molecule has 1 aromatic carbocycles. The van der Waals surface area contributed by atoms with Crippen LogP contribution in [0.1, 0.15) is 25.3 Å². The SMILES string of the molecule is CCNC(=NCc1cccc(OC)c1O)NC1CCN(CCOC)CC1.I. The number of phenolic OH excluding ortho intramolecular Hbond substituents is 1. The van der Waals surface area contributed by atoms with Crippen molar-refractivity contribution in [3.63, 3.8) is 0 Å². The minimum absolute atomic E-state index is 0. The molecule has 1 heterocycles. The molecule has 8 heteroatoms. The molecule has 1 fully saturated rings. The lowest BCUT2D eigenvalue weighted by molar-refractivity contribution is 0.128. The standard InChI is InChI=1S/C19H32N4O3.HI/c1-4-20-19(21-14-15-6-5-7-17(26-3)18(15)24)22-16-8-10-23(11-9-16)12-13-25-2;/h5-7,16,24H,4,8-14H2,1-3H3,(H2,20,21,22);1H. The lowest BCUT2D eigenvalue weighted by Gasteiger charge is -2.32. The molecule has 0 aliphatic carbocycles. The van der Waals surface area contributed by atoms with Gasteiger partial charge < -0.3 is 30.1 Å². The van der Waals surface area contributed by atoms with E-state index >= 15 is 0 Å². The Labute approximate surface area is 179 Å². The van der Waals surface area contributed by atoms with Gasteiger partial charge in [0.05, 0.1) is 20.3 Å². The van der Waals surface area contributed by atoms with Gasteiger partial charge in [0.2, 0.25) is 0 Å². The van der Waals surface area contributed by atoms with Crippen molar-refractivity contribution in [2.75, 3.05) is 47.0 Å². The number of halogens is 1. The summed E-state index contributed by atoms with van der Waals surface area (Å²) < 4.78 is 10.3. The molecule has 1 aromatic rings. The molecule has 7 nitrogen and oxygen atoms in total. The first-order chi connectivity index (χ1) is 12.7. The van der Waals surface area contributed by atoms with E-state index in [9.17, 15) is 5.11 Å². The van der Waals surface area contributed by atoms with E-state index in [2.05, 4.69) is 20.5 Å². The number of hydrogen-bond acceptors (Lipinski definition) is 5. The van der Waals surface area contributed by atoms with Crippen LogP contribution >= 0.6 is 24.0 Å². The lowest BCUT2D eigenvalue weighted by Crippen LogP contribution is -2.49. The van der Waals surface area contributed by atoms with Gasteiger partial charge in [0.25, 0.3) is 0 Å². The molecule has 0 spiro atoms. The maximum atomic E-state index is 10.2. The first-order valence-electron chi connectivity index (χ1n) is 9.28. The number of hydrogen-bond donors (Lipinski definition) is 3. The Morgan fingerprint density at radius 2 is 2.04 bits per heavy atom. The average molecular weight is 492 g/mol. The molecular formula is C19H33IN4O3. The second-order valence-electron chi connectivity index (χ2n) is 6.42. The van der Waals surface area contributed by atoms with Crippen molar-refractivity contribution in [2.45, 2.75) is 32.4 Å². The molecule has 0 saturated carbocycles. The summed E-state index contributed by atoms with van der Waals surface area (Å²) in [6, 6.07) is 5.87. The number of ether oxygens (including phenoxy) is 2. The van der Waals surface area contributed by atoms with Crippen molar-refractivity contribution in [1.29, 1.82) is 0 Å². The van der Waals surface area contributed by atoms with Crippen molar-refractivity contribution in [1.82, 2.24) is 15.5 Å². The summed E-state index contributed by atoms with van der Waals surface area (Å²) in [5.74, 6) is 1.41. The van der Waals surface area contributed by atoms with Crippen molar-refractivity contribution in [2.24, 2.45) is 4.99 Å². The van der Waals surface area contributed by atoms with Gasteiger partial charge in [-0.25, -0.2) is 4.99 Å². The molecule has 3 N–H and O–H groups in total. The molecule has 1 aliphatic rings. The molecule has 0 aromatic heterocycles. The Hall–Kier alpha value is -1.26. The second kappa shape index (κ2) is 13.0. The summed E-state index contributed by atoms with van der Waals surface area (Å²) in [6.45, 7) is 7.15. The number of nitrogens with zero attached hydrogens (tertiary/aromatic N) is 2. The highest BCUT2D eigenvalue weighted by Crippen LogP contribution is 2.29. The van der Waals surface area contributed by atoms with Crippen LogP contribution in [0, 0.1) is 0 Å². The molecule has 154 valence electrons. The first-order valence-corrected chi connectivity index (χ1v) is 9.28. The number of rotatable bonds is 8. The Balaban J connectivity index is 0.00000364. The maximum absolute atomic E-state index is 10.2. The number of piperidine rings is 1. The van der Waals surface area contributed by atoms with E-state index in [0.29, 0.717) is 18.3 Å². The Morgan fingerprint density at radius 3 is 2.67 bits per heavy atom. The van der Waals surface area contributed by atoms with Crippen LogP contribution in [0.15, 0.2) is 23.2 Å². The highest BCUT2D eigenvalue weighted by atomic mass is 127. The summed E-state index contributed by atoms with van der Waals surface area (Å²) >= 11 is 0. The van der Waals surface area contributed by atoms with Gasteiger partial charge in [-0.15, -0.1) is 24.0 Å². The number of aromatic hydroxyl groups is 1. The number of nitrogens with one attached hydrogen (secondary N) is 2. The summed E-state index contributed by atoms with van der Waals surface area (Å²) in [5.41, 5.74) is 0.746. The largest absolute Gasteiger partial charge is 0.504 e. The number of likely N-dealkylation sites (tertiary alicyclic amines) is 1. The highest BCUT2D eigenvalue weighted by Gasteiger charge is 2.19. The monoisotopic (exact) mass is 492 g/mol. The van der Waals surface area contributed by atoms with Crippen LogP contribution in [-0.2, 0) is 11.3 Å². The van der Waals surface area contributed by atoms with Crippen LogP contribution in [0.3, 0.4) is 0 Å². The molecule has 27 heavy (non-hydrogen) atoms. The van der Waals surface area contributed by atoms with E-state index < -0.39 is 0 Å². The van der Waals surface area contributed by atoms with Crippen LogP contribution < -0.4 is 15.4 Å². The van der Waals surface area contributed by atoms with Crippen LogP contribution in [0.25, 0.3) is 0 Å². The Bertz CT molecular complexity index is 578. The van der Waals surface area contributed by atoms with Crippen LogP contribution in [0.4, 0.5) is 0 Å². The minimum atomic E-state index is 0. The van der Waals surface area contributed by atoms with Crippen LogP contribution in [-0.4, -0.2) is 69.0 Å². The third-order valence-corrected chi connectivity index (χ3v) is 4.59. The van der Waals surface area contributed by atoms with E-state index in [0.717, 1.165) is 57.2 Å². The van der Waals surface area contributed by atoms with Gasteiger partial charge in [-0.1, -0.05) is 12.1 Å². The van der Waals surface area contributed by atoms with Crippen molar-refractivity contribution < 1.29 is 14.6 Å². The Kier molecular flexibility index (Phi) is 11.5. The average Bonchev–Trinajstić information content (AvgIpc) is 2.66. The summed E-state index contributed by atoms with van der Waals surface area (Å²) in [7, 11) is 3.29. The fraction of sp³-hybridized carbons (Fsp3) is 0.632. The Morgan fingerprint density at radius 1 is 1.30 bits per heavy atom. The van der Waals surface area contributed by atoms with E-state index in [1.165, 1.54) is 0 Å². The molecular weight excluding hydrogens is 459 g/mol. The minimum Gasteiger partial charge on any atom is -0.504 e. The molecule has 2 rings (SSSR count). The van der Waals surface area contributed by atoms with Gasteiger partial charge in [0.15, 0.2) is 17.5 Å². The van der Waals surface area contributed by atoms with E-state index in [1.54, 1.807) is 20.3 Å². The summed E-state index contributed by atoms with van der Waals surface area (Å²) in [5, 5.41) is 17.0. The van der Waals surface area contributed by atoms with Gasteiger partial charge in [0.1, 0.15) is 0 Å². The molecule has 0 radical (unpaired) electrons. The number of para-hydroxylation sites is 1. The quantitative estimate of drug-likeness (QED) is 0.294. The zero-order valence-corrected chi connectivity index (χ0v) is 18.9. The molecule has 0 amide bonds. The first kappa shape index (κ1) is 23.8. The predicted octanol–water partition coefficient (Wildman–Crippen LogP) is 2.18. The molecule has 1 saturated heterocycles. The van der Waals surface area contributed by atoms with E-state index in [4.69, 9.17) is 9.47 Å². The fourth-order valence-corrected chi connectivity index (χ4v) is 3.06. The maximum Gasteiger partial charge on any atom is 0.191 e. The zero-order valence-electron chi connectivity index (χ0n) is 16.5. The third-order valence-electron chi connectivity index (χ3n) is 4.59. The number of guanidine groups is 1. The fourth-order valence-electron chi connectivity index (χ4n) is 3.06. The van der Waals surface area contributed by atoms with Crippen LogP contribution in [0.2, 0.25) is 0 Å². The highest BCUT2D eigenvalue weighted by molar-refractivity contribution is 14.0. The summed E-state index contributed by atoms with van der Waals surface area (Å²) in [4.78, 5) is 7.06. The molecule has 0 atom stereocenters. The van der Waals surface area contributed by atoms with Gasteiger partial charge >= 0.3 is 0 Å². The summed E-state index contributed by atoms with van der Waals surface area (Å²) in [6.07, 6.45) is 2.16. The molecule has 0 bridgehead atoms. The second-order valence-corrected chi connectivity index (χ2v) is 6.42. The van der Waals surface area contributed by atoms with E-state index in [-0.39, 0.29) is 29.7 Å². The molecule has 0 unspecified atom stereocenters. The third kappa shape index (κ3) is 7.71. The number of methoxy groups -OCH3 is 2. The smallest absolute Gasteiger partial charge is 0.191 e. The zero-order chi connectivity index (χ0) is 18.8. The lowest BCUT2D eigenvalue weighted by atomic mass is 10.1. The number of aliphatic imine (C=N–C) groups is 1. The van der Waals surface area contributed by atoms with Gasteiger partial charge in [-0.05, 0) is 25.8 Å². The number of phenols is 1. The normalized spacial score (nSPS) is 15.9. The van der Waals surface area contributed by atoms with Gasteiger partial charge in [-0.2, -0.15) is 0 Å². The van der Waals surface area contributed by atoms with Gasteiger partial charge in [0, 0.05) is 44.9 Å². The van der Waals surface area contributed by atoms with Crippen molar-refractivity contribution >= 4 is 29.9 Å². The molecule has 1 aliphatic heterocycles.